The second kappa shape index (κ2) is 6.27. The van der Waals surface area contributed by atoms with Crippen LogP contribution in [0, 0.1) is 0 Å². The SMILES string of the molecule is CN1C[C@H](NC(=O)c2ccc(-c3cccc(C(F)(F)F)c3)o2)CC1=O. The lowest BCUT2D eigenvalue weighted by atomic mass is 10.1. The van der Waals surface area contributed by atoms with Crippen molar-refractivity contribution in [1.82, 2.24) is 10.2 Å². The Labute approximate surface area is 141 Å². The molecule has 0 aliphatic carbocycles. The van der Waals surface area contributed by atoms with Crippen LogP contribution < -0.4 is 5.32 Å². The molecule has 8 heteroatoms. The fraction of sp³-hybridized carbons (Fsp3) is 0.294. The van der Waals surface area contributed by atoms with Crippen LogP contribution in [0.2, 0.25) is 0 Å². The van der Waals surface area contributed by atoms with Gasteiger partial charge >= 0.3 is 6.18 Å². The van der Waals surface area contributed by atoms with E-state index >= 15 is 0 Å². The topological polar surface area (TPSA) is 62.6 Å². The van der Waals surface area contributed by atoms with E-state index in [2.05, 4.69) is 5.32 Å². The zero-order chi connectivity index (χ0) is 18.2. The molecular formula is C17H15F3N2O3. The van der Waals surface area contributed by atoms with Crippen LogP contribution in [-0.4, -0.2) is 36.3 Å². The van der Waals surface area contributed by atoms with Crippen molar-refractivity contribution >= 4 is 11.8 Å². The summed E-state index contributed by atoms with van der Waals surface area (Å²) in [5.41, 5.74) is -0.565. The Morgan fingerprint density at radius 3 is 2.68 bits per heavy atom. The number of halogens is 3. The molecule has 0 spiro atoms. The molecule has 1 aliphatic heterocycles. The molecule has 0 bridgehead atoms. The minimum Gasteiger partial charge on any atom is -0.451 e. The number of alkyl halides is 3. The van der Waals surface area contributed by atoms with Crippen LogP contribution in [0.25, 0.3) is 11.3 Å². The van der Waals surface area contributed by atoms with Crippen molar-refractivity contribution in [2.75, 3.05) is 13.6 Å². The molecule has 25 heavy (non-hydrogen) atoms. The first-order valence-corrected chi connectivity index (χ1v) is 7.56. The number of likely N-dealkylation sites (N-methyl/N-ethyl adjacent to an activating group) is 1. The summed E-state index contributed by atoms with van der Waals surface area (Å²) in [6.45, 7) is 0.408. The first kappa shape index (κ1) is 17.1. The van der Waals surface area contributed by atoms with Gasteiger partial charge in [0.25, 0.3) is 5.91 Å². The molecule has 2 aromatic rings. The van der Waals surface area contributed by atoms with Crippen molar-refractivity contribution in [3.8, 4) is 11.3 Å². The predicted octanol–water partition coefficient (Wildman–Crippen LogP) is 2.93. The molecule has 2 amide bonds. The molecule has 2 heterocycles. The van der Waals surface area contributed by atoms with E-state index < -0.39 is 17.6 Å². The average Bonchev–Trinajstić information content (AvgIpc) is 3.14. The summed E-state index contributed by atoms with van der Waals surface area (Å²) >= 11 is 0. The highest BCUT2D eigenvalue weighted by Gasteiger charge is 2.31. The lowest BCUT2D eigenvalue weighted by molar-refractivity contribution is -0.137. The summed E-state index contributed by atoms with van der Waals surface area (Å²) in [7, 11) is 1.65. The van der Waals surface area contributed by atoms with Crippen molar-refractivity contribution in [3.05, 3.63) is 47.7 Å². The molecule has 5 nitrogen and oxygen atoms in total. The third kappa shape index (κ3) is 3.67. The largest absolute Gasteiger partial charge is 0.451 e. The molecule has 0 saturated carbocycles. The maximum atomic E-state index is 12.8. The van der Waals surface area contributed by atoms with E-state index in [0.29, 0.717) is 6.54 Å². The van der Waals surface area contributed by atoms with E-state index in [0.717, 1.165) is 12.1 Å². The lowest BCUT2D eigenvalue weighted by Crippen LogP contribution is -2.36. The van der Waals surface area contributed by atoms with Crippen molar-refractivity contribution in [2.45, 2.75) is 18.6 Å². The normalized spacial score (nSPS) is 17.8. The Balaban J connectivity index is 1.74. The second-order valence-electron chi connectivity index (χ2n) is 5.89. The number of likely N-dealkylation sites (tertiary alicyclic amines) is 1. The Morgan fingerprint density at radius 2 is 2.04 bits per heavy atom. The maximum absolute atomic E-state index is 12.8. The summed E-state index contributed by atoms with van der Waals surface area (Å²) in [5, 5.41) is 2.68. The molecule has 1 fully saturated rings. The third-order valence-electron chi connectivity index (χ3n) is 3.98. The fourth-order valence-corrected chi connectivity index (χ4v) is 2.68. The molecule has 0 radical (unpaired) electrons. The van der Waals surface area contributed by atoms with Gasteiger partial charge in [0.05, 0.1) is 11.6 Å². The number of furan rings is 1. The van der Waals surface area contributed by atoms with Gasteiger partial charge in [-0.25, -0.2) is 0 Å². The summed E-state index contributed by atoms with van der Waals surface area (Å²) in [6.07, 6.45) is -4.24. The monoisotopic (exact) mass is 352 g/mol. The minimum atomic E-state index is -4.45. The minimum absolute atomic E-state index is 0.0191. The van der Waals surface area contributed by atoms with Crippen LogP contribution in [0.4, 0.5) is 13.2 Å². The quantitative estimate of drug-likeness (QED) is 0.924. The van der Waals surface area contributed by atoms with Gasteiger partial charge in [0, 0.05) is 25.6 Å². The number of nitrogens with zero attached hydrogens (tertiary/aromatic N) is 1. The van der Waals surface area contributed by atoms with Gasteiger partial charge in [-0.15, -0.1) is 0 Å². The van der Waals surface area contributed by atoms with Crippen molar-refractivity contribution < 1.29 is 27.2 Å². The highest BCUT2D eigenvalue weighted by Crippen LogP contribution is 2.32. The Hall–Kier alpha value is -2.77. The molecule has 1 N–H and O–H groups in total. The first-order valence-electron chi connectivity index (χ1n) is 7.56. The number of nitrogens with one attached hydrogen (secondary N) is 1. The van der Waals surface area contributed by atoms with E-state index in [1.807, 2.05) is 0 Å². The van der Waals surface area contributed by atoms with Gasteiger partial charge in [-0.2, -0.15) is 13.2 Å². The lowest BCUT2D eigenvalue weighted by Gasteiger charge is -2.11. The standard InChI is InChI=1S/C17H15F3N2O3/c1-22-9-12(8-15(22)23)21-16(24)14-6-5-13(25-14)10-3-2-4-11(7-10)17(18,19)20/h2-7,12H,8-9H2,1H3,(H,21,24)/t12-/m1/s1. The molecule has 132 valence electrons. The molecular weight excluding hydrogens is 337 g/mol. The third-order valence-corrected chi connectivity index (χ3v) is 3.98. The van der Waals surface area contributed by atoms with Gasteiger partial charge in [-0.05, 0) is 24.3 Å². The molecule has 1 aromatic heterocycles. The number of carbonyl (C=O) groups is 2. The van der Waals surface area contributed by atoms with Crippen LogP contribution in [0.1, 0.15) is 22.5 Å². The van der Waals surface area contributed by atoms with Gasteiger partial charge in [-0.1, -0.05) is 12.1 Å². The van der Waals surface area contributed by atoms with Gasteiger partial charge < -0.3 is 14.6 Å². The number of carbonyl (C=O) groups excluding carboxylic acids is 2. The van der Waals surface area contributed by atoms with Crippen LogP contribution in [0.5, 0.6) is 0 Å². The zero-order valence-electron chi connectivity index (χ0n) is 13.3. The summed E-state index contributed by atoms with van der Waals surface area (Å²) in [4.78, 5) is 25.1. The summed E-state index contributed by atoms with van der Waals surface area (Å²) < 4.78 is 43.7. The van der Waals surface area contributed by atoms with Crippen LogP contribution in [0.15, 0.2) is 40.8 Å². The number of hydrogen-bond acceptors (Lipinski definition) is 3. The van der Waals surface area contributed by atoms with Crippen molar-refractivity contribution in [3.63, 3.8) is 0 Å². The smallest absolute Gasteiger partial charge is 0.416 e. The highest BCUT2D eigenvalue weighted by molar-refractivity contribution is 5.93. The molecule has 0 unspecified atom stereocenters. The van der Waals surface area contributed by atoms with E-state index in [9.17, 15) is 22.8 Å². The average molecular weight is 352 g/mol. The zero-order valence-corrected chi connectivity index (χ0v) is 13.3. The Morgan fingerprint density at radius 1 is 1.28 bits per heavy atom. The van der Waals surface area contributed by atoms with Crippen molar-refractivity contribution in [1.29, 1.82) is 0 Å². The maximum Gasteiger partial charge on any atom is 0.416 e. The summed E-state index contributed by atoms with van der Waals surface area (Å²) in [5.74, 6) is -0.425. The molecule has 1 aliphatic rings. The predicted molar refractivity (Wildman–Crippen MR) is 82.7 cm³/mol. The number of hydrogen-bond donors (Lipinski definition) is 1. The number of benzene rings is 1. The molecule has 1 aromatic carbocycles. The van der Waals surface area contributed by atoms with E-state index in [1.165, 1.54) is 29.2 Å². The van der Waals surface area contributed by atoms with Crippen molar-refractivity contribution in [2.24, 2.45) is 0 Å². The second-order valence-corrected chi connectivity index (χ2v) is 5.89. The highest BCUT2D eigenvalue weighted by atomic mass is 19.4. The summed E-state index contributed by atoms with van der Waals surface area (Å²) in [6, 6.07) is 7.20. The first-order chi connectivity index (χ1) is 11.7. The Bertz CT molecular complexity index is 813. The van der Waals surface area contributed by atoms with Crippen LogP contribution in [-0.2, 0) is 11.0 Å². The molecule has 3 rings (SSSR count). The van der Waals surface area contributed by atoms with Gasteiger partial charge in [0.2, 0.25) is 5.91 Å². The van der Waals surface area contributed by atoms with E-state index in [1.54, 1.807) is 7.05 Å². The number of rotatable bonds is 3. The molecule has 1 saturated heterocycles. The van der Waals surface area contributed by atoms with Gasteiger partial charge in [0.1, 0.15) is 5.76 Å². The fourth-order valence-electron chi connectivity index (χ4n) is 2.68. The van der Waals surface area contributed by atoms with Crippen LogP contribution in [0.3, 0.4) is 0 Å². The van der Waals surface area contributed by atoms with E-state index in [4.69, 9.17) is 4.42 Å². The van der Waals surface area contributed by atoms with Crippen LogP contribution >= 0.6 is 0 Å². The van der Waals surface area contributed by atoms with Gasteiger partial charge in [0.15, 0.2) is 5.76 Å². The van der Waals surface area contributed by atoms with E-state index in [-0.39, 0.29) is 35.5 Å². The molecule has 1 atom stereocenters. The Kier molecular flexibility index (Phi) is 4.28. The number of amides is 2. The van der Waals surface area contributed by atoms with Gasteiger partial charge in [-0.3, -0.25) is 9.59 Å².